The number of rotatable bonds is 9. The largest absolute Gasteiger partial charge is 0.497 e. The number of benzene rings is 3. The summed E-state index contributed by atoms with van der Waals surface area (Å²) in [5.74, 6) is 1.43. The number of nitrogens with one attached hydrogen (secondary N) is 3. The Morgan fingerprint density at radius 2 is 1.53 bits per heavy atom. The van der Waals surface area contributed by atoms with Crippen LogP contribution in [-0.2, 0) is 0 Å². The average Bonchev–Trinajstić information content (AvgIpc) is 2.87. The molecule has 0 aliphatic rings. The number of anilines is 5. The molecule has 1 aromatic heterocycles. The average molecular weight is 485 g/mol. The van der Waals surface area contributed by atoms with Crippen LogP contribution in [-0.4, -0.2) is 33.2 Å². The van der Waals surface area contributed by atoms with Gasteiger partial charge in [0.15, 0.2) is 0 Å². The van der Waals surface area contributed by atoms with Crippen LogP contribution in [0.5, 0.6) is 5.75 Å². The molecule has 0 radical (unpaired) electrons. The van der Waals surface area contributed by atoms with Crippen molar-refractivity contribution in [1.82, 2.24) is 15.0 Å². The smallest absolute Gasteiger partial charge is 0.269 e. The molecule has 0 atom stereocenters. The molecule has 4 rings (SSSR count). The first-order valence-corrected chi connectivity index (χ1v) is 10.9. The van der Waals surface area contributed by atoms with Gasteiger partial charge in [0.2, 0.25) is 17.8 Å². The number of hydrogen-bond acceptors (Lipinski definition) is 10. The molecule has 0 saturated heterocycles. The van der Waals surface area contributed by atoms with Crippen LogP contribution >= 0.6 is 0 Å². The number of aromatic nitrogens is 3. The van der Waals surface area contributed by atoms with Crippen molar-refractivity contribution in [2.24, 2.45) is 5.10 Å². The normalized spacial score (nSPS) is 10.8. The highest BCUT2D eigenvalue weighted by atomic mass is 16.6. The van der Waals surface area contributed by atoms with Gasteiger partial charge in [-0.05, 0) is 66.9 Å². The van der Waals surface area contributed by atoms with Gasteiger partial charge in [-0.2, -0.15) is 20.1 Å². The summed E-state index contributed by atoms with van der Waals surface area (Å²) in [7, 11) is 1.60. The Bertz CT molecular complexity index is 1410. The van der Waals surface area contributed by atoms with E-state index in [1.807, 2.05) is 56.3 Å². The van der Waals surface area contributed by atoms with Crippen molar-refractivity contribution in [3.05, 3.63) is 93.5 Å². The number of nitro benzene ring substituents is 1. The molecule has 0 amide bonds. The molecule has 1 heterocycles. The van der Waals surface area contributed by atoms with Gasteiger partial charge in [0.25, 0.3) is 5.69 Å². The number of methoxy groups -OCH3 is 1. The van der Waals surface area contributed by atoms with Crippen LogP contribution in [0.2, 0.25) is 0 Å². The molecular weight excluding hydrogens is 460 g/mol. The number of nitrogens with zero attached hydrogens (tertiary/aromatic N) is 5. The summed E-state index contributed by atoms with van der Waals surface area (Å²) >= 11 is 0. The highest BCUT2D eigenvalue weighted by molar-refractivity contribution is 5.80. The van der Waals surface area contributed by atoms with Gasteiger partial charge in [-0.25, -0.2) is 5.43 Å². The van der Waals surface area contributed by atoms with E-state index in [0.717, 1.165) is 16.8 Å². The van der Waals surface area contributed by atoms with Crippen LogP contribution in [0, 0.1) is 24.0 Å². The fourth-order valence-corrected chi connectivity index (χ4v) is 3.17. The Morgan fingerprint density at radius 1 is 0.861 bits per heavy atom. The molecule has 11 nitrogen and oxygen atoms in total. The Labute approximate surface area is 207 Å². The van der Waals surface area contributed by atoms with E-state index in [0.29, 0.717) is 11.4 Å². The van der Waals surface area contributed by atoms with Gasteiger partial charge in [-0.3, -0.25) is 10.1 Å². The Balaban J connectivity index is 1.59. The molecule has 182 valence electrons. The van der Waals surface area contributed by atoms with Gasteiger partial charge < -0.3 is 15.4 Å². The molecule has 0 spiro atoms. The van der Waals surface area contributed by atoms with Crippen molar-refractivity contribution < 1.29 is 9.66 Å². The number of aryl methyl sites for hydroxylation is 2. The van der Waals surface area contributed by atoms with Gasteiger partial charge in [0.05, 0.1) is 18.2 Å². The van der Waals surface area contributed by atoms with Crippen LogP contribution in [0.3, 0.4) is 0 Å². The second-order valence-electron chi connectivity index (χ2n) is 7.81. The van der Waals surface area contributed by atoms with Gasteiger partial charge in [0, 0.05) is 23.5 Å². The maximum Gasteiger partial charge on any atom is 0.269 e. The van der Waals surface area contributed by atoms with E-state index in [4.69, 9.17) is 4.74 Å². The summed E-state index contributed by atoms with van der Waals surface area (Å²) < 4.78 is 5.23. The standard InChI is InChI=1S/C25H24N8O3/c1-16-7-8-20(13-17(16)2)28-24-29-23(27-19-9-11-21(12-10-19)33(34)35)30-25(31-24)32-26-15-18-5-4-6-22(14-18)36-3/h4-15H,1-3H3,(H3,27,28,29,30,31,32). The first-order chi connectivity index (χ1) is 17.4. The molecule has 36 heavy (non-hydrogen) atoms. The zero-order valence-corrected chi connectivity index (χ0v) is 19.9. The van der Waals surface area contributed by atoms with E-state index in [1.165, 1.54) is 17.7 Å². The van der Waals surface area contributed by atoms with E-state index in [2.05, 4.69) is 36.1 Å². The van der Waals surface area contributed by atoms with Gasteiger partial charge in [-0.1, -0.05) is 18.2 Å². The molecule has 0 bridgehead atoms. The quantitative estimate of drug-likeness (QED) is 0.163. The molecule has 0 aliphatic heterocycles. The Morgan fingerprint density at radius 3 is 2.19 bits per heavy atom. The number of non-ortho nitro benzene ring substituents is 1. The molecule has 0 aliphatic carbocycles. The summed E-state index contributed by atoms with van der Waals surface area (Å²) in [4.78, 5) is 23.7. The first-order valence-electron chi connectivity index (χ1n) is 10.9. The van der Waals surface area contributed by atoms with Crippen LogP contribution in [0.15, 0.2) is 71.8 Å². The minimum Gasteiger partial charge on any atom is -0.497 e. The minimum absolute atomic E-state index is 0.0115. The van der Waals surface area contributed by atoms with Crippen LogP contribution in [0.1, 0.15) is 16.7 Å². The van der Waals surface area contributed by atoms with Crippen molar-refractivity contribution in [2.45, 2.75) is 13.8 Å². The van der Waals surface area contributed by atoms with Gasteiger partial charge in [-0.15, -0.1) is 0 Å². The maximum atomic E-state index is 10.9. The maximum absolute atomic E-state index is 10.9. The van der Waals surface area contributed by atoms with Crippen molar-refractivity contribution in [3.8, 4) is 5.75 Å². The number of ether oxygens (including phenoxy) is 1. The molecule has 0 saturated carbocycles. The van der Waals surface area contributed by atoms with Crippen LogP contribution in [0.4, 0.5) is 34.9 Å². The lowest BCUT2D eigenvalue weighted by Gasteiger charge is -2.11. The number of hydrazone groups is 1. The highest BCUT2D eigenvalue weighted by Crippen LogP contribution is 2.22. The lowest BCUT2D eigenvalue weighted by atomic mass is 10.1. The Kier molecular flexibility index (Phi) is 7.30. The fourth-order valence-electron chi connectivity index (χ4n) is 3.17. The zero-order valence-electron chi connectivity index (χ0n) is 19.9. The molecule has 0 fully saturated rings. The highest BCUT2D eigenvalue weighted by Gasteiger charge is 2.10. The first kappa shape index (κ1) is 24.1. The van der Waals surface area contributed by atoms with E-state index in [9.17, 15) is 10.1 Å². The predicted molar refractivity (Wildman–Crippen MR) is 140 cm³/mol. The summed E-state index contributed by atoms with van der Waals surface area (Å²) in [5.41, 5.74) is 7.33. The van der Waals surface area contributed by atoms with Gasteiger partial charge >= 0.3 is 0 Å². The van der Waals surface area contributed by atoms with Crippen molar-refractivity contribution in [2.75, 3.05) is 23.2 Å². The van der Waals surface area contributed by atoms with E-state index >= 15 is 0 Å². The number of nitro groups is 1. The molecule has 3 aromatic carbocycles. The zero-order chi connectivity index (χ0) is 25.5. The monoisotopic (exact) mass is 484 g/mol. The SMILES string of the molecule is COc1cccc(C=NNc2nc(Nc3ccc([N+](=O)[O-])cc3)nc(Nc3ccc(C)c(C)c3)n2)c1. The molecule has 4 aromatic rings. The van der Waals surface area contributed by atoms with Gasteiger partial charge in [0.1, 0.15) is 5.75 Å². The fraction of sp³-hybridized carbons (Fsp3) is 0.120. The van der Waals surface area contributed by atoms with E-state index in [1.54, 1.807) is 25.5 Å². The van der Waals surface area contributed by atoms with Crippen molar-refractivity contribution in [1.29, 1.82) is 0 Å². The lowest BCUT2D eigenvalue weighted by Crippen LogP contribution is -2.07. The minimum atomic E-state index is -0.458. The number of hydrogen-bond donors (Lipinski definition) is 3. The van der Waals surface area contributed by atoms with E-state index < -0.39 is 4.92 Å². The third kappa shape index (κ3) is 6.29. The van der Waals surface area contributed by atoms with Crippen molar-refractivity contribution >= 4 is 41.1 Å². The van der Waals surface area contributed by atoms with E-state index in [-0.39, 0.29) is 23.5 Å². The summed E-state index contributed by atoms with van der Waals surface area (Å²) in [5, 5.41) is 21.4. The summed E-state index contributed by atoms with van der Waals surface area (Å²) in [6.07, 6.45) is 1.62. The third-order valence-electron chi connectivity index (χ3n) is 5.20. The second-order valence-corrected chi connectivity index (χ2v) is 7.81. The summed E-state index contributed by atoms with van der Waals surface area (Å²) in [6.45, 7) is 4.06. The molecule has 0 unspecified atom stereocenters. The molecule has 11 heteroatoms. The second kappa shape index (κ2) is 10.9. The lowest BCUT2D eigenvalue weighted by molar-refractivity contribution is -0.384. The summed E-state index contributed by atoms with van der Waals surface area (Å²) in [6, 6.07) is 19.3. The van der Waals surface area contributed by atoms with Crippen LogP contribution in [0.25, 0.3) is 0 Å². The Hall–Kier alpha value is -5.06. The molecule has 3 N–H and O–H groups in total. The topological polar surface area (TPSA) is 139 Å². The van der Waals surface area contributed by atoms with Crippen molar-refractivity contribution in [3.63, 3.8) is 0 Å². The van der Waals surface area contributed by atoms with Crippen LogP contribution < -0.4 is 20.8 Å². The predicted octanol–water partition coefficient (Wildman–Crippen LogP) is 5.34. The third-order valence-corrected chi connectivity index (χ3v) is 5.20. The molecular formula is C25H24N8O3.